The van der Waals surface area contributed by atoms with Gasteiger partial charge in [0.15, 0.2) is 14.9 Å². The van der Waals surface area contributed by atoms with Crippen LogP contribution in [0.1, 0.15) is 34.6 Å². The van der Waals surface area contributed by atoms with Crippen molar-refractivity contribution in [1.82, 2.24) is 9.55 Å². The zero-order valence-electron chi connectivity index (χ0n) is 17.1. The largest absolute Gasteiger partial charge is 0.339 e. The average molecular weight is 446 g/mol. The molecule has 0 saturated heterocycles. The Morgan fingerprint density at radius 3 is 2.60 bits per heavy atom. The smallest absolute Gasteiger partial charge is 0.197 e. The Balaban J connectivity index is 0.00000256. The molecule has 2 N–H and O–H groups in total. The lowest BCUT2D eigenvalue weighted by atomic mass is 9.76. The summed E-state index contributed by atoms with van der Waals surface area (Å²) in [5.41, 5.74) is 11.4. The second-order valence-electron chi connectivity index (χ2n) is 7.98. The number of aryl methyl sites for hydroxylation is 3. The van der Waals surface area contributed by atoms with Crippen molar-refractivity contribution in [3.05, 3.63) is 83.3 Å². The Bertz CT molecular complexity index is 1100. The lowest BCUT2D eigenvalue weighted by molar-refractivity contribution is 0.467. The maximum atomic E-state index is 12.6. The summed E-state index contributed by atoms with van der Waals surface area (Å²) < 4.78 is 26.8. The van der Waals surface area contributed by atoms with Gasteiger partial charge in [-0.1, -0.05) is 48.5 Å². The SMILES string of the molecule is Cl.Cn1cnc(S(=O)(=O)CCc2ccc3c(c2)C(Cc2ccccc2)C(N)CC3)c1. The minimum absolute atomic E-state index is 0. The molecule has 0 bridgehead atoms. The quantitative estimate of drug-likeness (QED) is 0.630. The summed E-state index contributed by atoms with van der Waals surface area (Å²) in [6.45, 7) is 0. The molecule has 3 aromatic rings. The van der Waals surface area contributed by atoms with Crippen molar-refractivity contribution in [2.45, 2.75) is 42.7 Å². The molecule has 1 aliphatic rings. The molecule has 0 aliphatic heterocycles. The molecule has 0 spiro atoms. The maximum absolute atomic E-state index is 12.6. The van der Waals surface area contributed by atoms with Gasteiger partial charge in [-0.2, -0.15) is 0 Å². The van der Waals surface area contributed by atoms with Crippen LogP contribution < -0.4 is 5.73 Å². The Labute approximate surface area is 184 Å². The van der Waals surface area contributed by atoms with Crippen molar-refractivity contribution in [1.29, 1.82) is 0 Å². The first-order valence-corrected chi connectivity index (χ1v) is 11.7. The first kappa shape index (κ1) is 22.5. The Morgan fingerprint density at radius 2 is 1.90 bits per heavy atom. The van der Waals surface area contributed by atoms with Gasteiger partial charge in [-0.3, -0.25) is 0 Å². The highest BCUT2D eigenvalue weighted by Gasteiger charge is 2.27. The van der Waals surface area contributed by atoms with Crippen molar-refractivity contribution in [2.24, 2.45) is 12.8 Å². The molecule has 2 unspecified atom stereocenters. The first-order valence-electron chi connectivity index (χ1n) is 10.0. The number of aromatic nitrogens is 2. The second kappa shape index (κ2) is 9.33. The van der Waals surface area contributed by atoms with Crippen LogP contribution in [0, 0.1) is 0 Å². The predicted octanol–water partition coefficient (Wildman–Crippen LogP) is 3.46. The number of benzene rings is 2. The molecule has 2 aromatic carbocycles. The monoisotopic (exact) mass is 445 g/mol. The number of hydrogen-bond donors (Lipinski definition) is 1. The number of fused-ring (bicyclic) bond motifs is 1. The highest BCUT2D eigenvalue weighted by molar-refractivity contribution is 7.91. The number of halogens is 1. The van der Waals surface area contributed by atoms with E-state index >= 15 is 0 Å². The fraction of sp³-hybridized carbons (Fsp3) is 0.348. The van der Waals surface area contributed by atoms with E-state index in [9.17, 15) is 8.42 Å². The highest BCUT2D eigenvalue weighted by Crippen LogP contribution is 2.34. The number of sulfone groups is 1. The Morgan fingerprint density at radius 1 is 1.13 bits per heavy atom. The van der Waals surface area contributed by atoms with Crippen LogP contribution in [-0.4, -0.2) is 29.8 Å². The Kier molecular flexibility index (Phi) is 7.01. The average Bonchev–Trinajstić information content (AvgIpc) is 3.17. The maximum Gasteiger partial charge on any atom is 0.197 e. The van der Waals surface area contributed by atoms with Crippen LogP contribution in [0.5, 0.6) is 0 Å². The molecule has 5 nitrogen and oxygen atoms in total. The van der Waals surface area contributed by atoms with E-state index in [4.69, 9.17) is 5.73 Å². The van der Waals surface area contributed by atoms with Crippen LogP contribution in [0.3, 0.4) is 0 Å². The summed E-state index contributed by atoms with van der Waals surface area (Å²) in [4.78, 5) is 4.00. The number of imidazole rings is 1. The van der Waals surface area contributed by atoms with E-state index in [0.717, 1.165) is 24.8 Å². The van der Waals surface area contributed by atoms with Crippen LogP contribution in [0.25, 0.3) is 0 Å². The van der Waals surface area contributed by atoms with Gasteiger partial charge in [0, 0.05) is 25.2 Å². The number of hydrogen-bond acceptors (Lipinski definition) is 4. The second-order valence-corrected chi connectivity index (χ2v) is 10.0. The molecule has 1 heterocycles. The third-order valence-corrected chi connectivity index (χ3v) is 7.42. The van der Waals surface area contributed by atoms with Gasteiger partial charge < -0.3 is 10.3 Å². The van der Waals surface area contributed by atoms with E-state index in [1.807, 2.05) is 6.07 Å². The third-order valence-electron chi connectivity index (χ3n) is 5.83. The van der Waals surface area contributed by atoms with E-state index in [-0.39, 0.29) is 35.1 Å². The summed E-state index contributed by atoms with van der Waals surface area (Å²) in [7, 11) is -1.62. The molecule has 7 heteroatoms. The van der Waals surface area contributed by atoms with Crippen molar-refractivity contribution in [2.75, 3.05) is 5.75 Å². The van der Waals surface area contributed by atoms with Crippen LogP contribution in [0.4, 0.5) is 0 Å². The van der Waals surface area contributed by atoms with Gasteiger partial charge in [-0.15, -0.1) is 12.4 Å². The van der Waals surface area contributed by atoms with Gasteiger partial charge in [-0.05, 0) is 47.9 Å². The van der Waals surface area contributed by atoms with Crippen molar-refractivity contribution >= 4 is 22.2 Å². The summed E-state index contributed by atoms with van der Waals surface area (Å²) in [6.07, 6.45) is 6.41. The summed E-state index contributed by atoms with van der Waals surface area (Å²) >= 11 is 0. The number of rotatable bonds is 6. The van der Waals surface area contributed by atoms with E-state index in [2.05, 4.69) is 47.4 Å². The molecule has 0 radical (unpaired) electrons. The highest BCUT2D eigenvalue weighted by atomic mass is 35.5. The molecule has 1 aromatic heterocycles. The lowest BCUT2D eigenvalue weighted by Gasteiger charge is -2.32. The molecular formula is C23H28ClN3O2S. The van der Waals surface area contributed by atoms with Crippen molar-refractivity contribution in [3.63, 3.8) is 0 Å². The third kappa shape index (κ3) is 4.94. The fourth-order valence-corrected chi connectivity index (χ4v) is 5.41. The summed E-state index contributed by atoms with van der Waals surface area (Å²) in [6, 6.07) is 16.9. The van der Waals surface area contributed by atoms with E-state index in [0.29, 0.717) is 6.42 Å². The molecule has 0 fully saturated rings. The van der Waals surface area contributed by atoms with Gasteiger partial charge in [0.2, 0.25) is 0 Å². The molecule has 2 atom stereocenters. The number of nitrogens with zero attached hydrogens (tertiary/aromatic N) is 2. The molecular weight excluding hydrogens is 418 g/mol. The van der Waals surface area contributed by atoms with Gasteiger partial charge >= 0.3 is 0 Å². The molecule has 0 amide bonds. The summed E-state index contributed by atoms with van der Waals surface area (Å²) in [5, 5.41) is 0.141. The van der Waals surface area contributed by atoms with Gasteiger partial charge in [-0.25, -0.2) is 13.4 Å². The van der Waals surface area contributed by atoms with Crippen LogP contribution >= 0.6 is 12.4 Å². The van der Waals surface area contributed by atoms with Gasteiger partial charge in [0.1, 0.15) is 0 Å². The molecule has 1 aliphatic carbocycles. The zero-order valence-corrected chi connectivity index (χ0v) is 18.7. The summed E-state index contributed by atoms with van der Waals surface area (Å²) in [5.74, 6) is 0.312. The molecule has 30 heavy (non-hydrogen) atoms. The zero-order chi connectivity index (χ0) is 20.4. The van der Waals surface area contributed by atoms with Gasteiger partial charge in [0.25, 0.3) is 0 Å². The normalized spacial score (nSPS) is 18.5. The van der Waals surface area contributed by atoms with E-state index in [1.54, 1.807) is 17.8 Å². The van der Waals surface area contributed by atoms with Crippen LogP contribution in [0.15, 0.2) is 66.1 Å². The van der Waals surface area contributed by atoms with E-state index in [1.165, 1.54) is 23.0 Å². The predicted molar refractivity (Wildman–Crippen MR) is 122 cm³/mol. The standard InChI is InChI=1S/C23H27N3O2S.ClH/c1-26-15-23(25-16-26)29(27,28)12-11-18-7-8-19-9-10-22(24)21(20(19)13-18)14-17-5-3-2-4-6-17;/h2-8,13,15-16,21-22H,9-12,14,24H2,1H3;1H. The van der Waals surface area contributed by atoms with Crippen molar-refractivity contribution < 1.29 is 8.42 Å². The molecule has 160 valence electrons. The first-order chi connectivity index (χ1) is 13.9. The lowest BCUT2D eigenvalue weighted by Crippen LogP contribution is -2.34. The van der Waals surface area contributed by atoms with Crippen molar-refractivity contribution in [3.8, 4) is 0 Å². The molecule has 0 saturated carbocycles. The number of nitrogens with two attached hydrogens (primary N) is 1. The van der Waals surface area contributed by atoms with E-state index < -0.39 is 9.84 Å². The Hall–Kier alpha value is -2.15. The minimum atomic E-state index is -3.39. The van der Waals surface area contributed by atoms with Gasteiger partial charge in [0.05, 0.1) is 12.1 Å². The topological polar surface area (TPSA) is 78.0 Å². The molecule has 4 rings (SSSR count). The van der Waals surface area contributed by atoms with Crippen LogP contribution in [-0.2, 0) is 36.1 Å². The fourth-order valence-electron chi connectivity index (χ4n) is 4.16. The van der Waals surface area contributed by atoms with Crippen LogP contribution in [0.2, 0.25) is 0 Å². The minimum Gasteiger partial charge on any atom is -0.339 e.